The summed E-state index contributed by atoms with van der Waals surface area (Å²) in [5.74, 6) is 0. The van der Waals surface area contributed by atoms with E-state index in [1.165, 1.54) is 13.3 Å². The lowest BCUT2D eigenvalue weighted by molar-refractivity contribution is 0.168. The predicted octanol–water partition coefficient (Wildman–Crippen LogP) is 1.26. The lowest BCUT2D eigenvalue weighted by Gasteiger charge is -1.97. The Balaban J connectivity index is 2.93. The molecule has 54 valence electrons. The van der Waals surface area contributed by atoms with Gasteiger partial charge in [-0.2, -0.15) is 9.78 Å². The lowest BCUT2D eigenvalue weighted by atomic mass is 10.7. The number of carbonyl (C=O) groups excluding carboxylic acids is 1. The van der Waals surface area contributed by atoms with Crippen molar-refractivity contribution in [2.45, 2.75) is 0 Å². The van der Waals surface area contributed by atoms with E-state index in [9.17, 15) is 4.79 Å². The van der Waals surface area contributed by atoms with Gasteiger partial charge in [-0.3, -0.25) is 0 Å². The van der Waals surface area contributed by atoms with E-state index in [-0.39, 0.29) is 0 Å². The van der Waals surface area contributed by atoms with Crippen molar-refractivity contribution in [3.63, 3.8) is 0 Å². The molecule has 0 aliphatic carbocycles. The second kappa shape index (κ2) is 2.83. The zero-order valence-corrected chi connectivity index (χ0v) is 6.83. The lowest BCUT2D eigenvalue weighted by Crippen LogP contribution is -2.12. The number of hydrogen-bond acceptors (Lipinski definition) is 3. The number of halogens is 1. The van der Waals surface area contributed by atoms with Crippen LogP contribution >= 0.6 is 15.9 Å². The third-order valence-corrected chi connectivity index (χ3v) is 1.54. The summed E-state index contributed by atoms with van der Waals surface area (Å²) in [4.78, 5) is 10.7. The molecule has 0 saturated heterocycles. The van der Waals surface area contributed by atoms with Crippen molar-refractivity contribution in [1.82, 2.24) is 9.78 Å². The van der Waals surface area contributed by atoms with Crippen molar-refractivity contribution in [3.8, 4) is 0 Å². The molecule has 0 amide bonds. The van der Waals surface area contributed by atoms with Crippen molar-refractivity contribution in [3.05, 3.63) is 16.9 Å². The molecule has 0 aliphatic rings. The molecule has 0 saturated carbocycles. The minimum Gasteiger partial charge on any atom is -0.451 e. The average molecular weight is 205 g/mol. The summed E-state index contributed by atoms with van der Waals surface area (Å²) in [6.07, 6.45) is 0.998. The summed E-state index contributed by atoms with van der Waals surface area (Å²) >= 11 is 3.11. The van der Waals surface area contributed by atoms with E-state index in [2.05, 4.69) is 25.8 Å². The second-order valence-corrected chi connectivity index (χ2v) is 2.35. The smallest absolute Gasteiger partial charge is 0.435 e. The van der Waals surface area contributed by atoms with Crippen LogP contribution in [0.1, 0.15) is 0 Å². The molecular weight excluding hydrogens is 200 g/mol. The van der Waals surface area contributed by atoms with Gasteiger partial charge in [0.25, 0.3) is 0 Å². The van der Waals surface area contributed by atoms with Crippen LogP contribution in [0, 0.1) is 0 Å². The number of rotatable bonds is 0. The Kier molecular flexibility index (Phi) is 2.06. The highest BCUT2D eigenvalue weighted by Crippen LogP contribution is 2.07. The SMILES string of the molecule is COC(=O)n1nccc1Br. The van der Waals surface area contributed by atoms with E-state index < -0.39 is 6.09 Å². The first-order valence-corrected chi connectivity index (χ1v) is 3.33. The van der Waals surface area contributed by atoms with Gasteiger partial charge in [-0.15, -0.1) is 0 Å². The number of aromatic nitrogens is 2. The van der Waals surface area contributed by atoms with Crippen LogP contribution in [-0.4, -0.2) is 23.0 Å². The van der Waals surface area contributed by atoms with Gasteiger partial charge in [-0.25, -0.2) is 4.79 Å². The first-order valence-electron chi connectivity index (χ1n) is 2.53. The van der Waals surface area contributed by atoms with Crippen LogP contribution in [0.15, 0.2) is 16.9 Å². The molecule has 0 fully saturated rings. The second-order valence-electron chi connectivity index (χ2n) is 1.54. The van der Waals surface area contributed by atoms with Crippen molar-refractivity contribution in [2.24, 2.45) is 0 Å². The number of ether oxygens (including phenoxy) is 1. The fourth-order valence-electron chi connectivity index (χ4n) is 0.508. The highest BCUT2D eigenvalue weighted by Gasteiger charge is 2.06. The molecule has 0 aliphatic heterocycles. The van der Waals surface area contributed by atoms with Gasteiger partial charge in [0.2, 0.25) is 0 Å². The molecular formula is C5H5BrN2O2. The summed E-state index contributed by atoms with van der Waals surface area (Å²) in [5.41, 5.74) is 0. The summed E-state index contributed by atoms with van der Waals surface area (Å²) in [6, 6.07) is 1.65. The van der Waals surface area contributed by atoms with Crippen LogP contribution in [-0.2, 0) is 4.74 Å². The molecule has 4 nitrogen and oxygen atoms in total. The molecule has 1 rings (SSSR count). The van der Waals surface area contributed by atoms with Crippen molar-refractivity contribution < 1.29 is 9.53 Å². The zero-order chi connectivity index (χ0) is 7.56. The Bertz CT molecular complexity index is 246. The van der Waals surface area contributed by atoms with E-state index in [1.807, 2.05) is 0 Å². The predicted molar refractivity (Wildman–Crippen MR) is 37.7 cm³/mol. The Morgan fingerprint density at radius 1 is 1.90 bits per heavy atom. The summed E-state index contributed by atoms with van der Waals surface area (Å²) in [6.45, 7) is 0. The number of methoxy groups -OCH3 is 1. The molecule has 10 heavy (non-hydrogen) atoms. The summed E-state index contributed by atoms with van der Waals surface area (Å²) in [5, 5.41) is 3.68. The molecule has 0 atom stereocenters. The van der Waals surface area contributed by atoms with Gasteiger partial charge in [-0.1, -0.05) is 0 Å². The number of hydrogen-bond donors (Lipinski definition) is 0. The molecule has 1 heterocycles. The maximum absolute atomic E-state index is 10.7. The average Bonchev–Trinajstić information content (AvgIpc) is 2.34. The van der Waals surface area contributed by atoms with Crippen LogP contribution in [0.2, 0.25) is 0 Å². The normalized spacial score (nSPS) is 9.40. The molecule has 0 radical (unpaired) electrons. The minimum atomic E-state index is -0.503. The molecule has 0 N–H and O–H groups in total. The van der Waals surface area contributed by atoms with Gasteiger partial charge in [-0.05, 0) is 22.0 Å². The zero-order valence-electron chi connectivity index (χ0n) is 5.24. The maximum Gasteiger partial charge on any atom is 0.435 e. The third kappa shape index (κ3) is 1.18. The number of nitrogens with zero attached hydrogens (tertiary/aromatic N) is 2. The molecule has 0 bridgehead atoms. The van der Waals surface area contributed by atoms with Crippen molar-refractivity contribution in [1.29, 1.82) is 0 Å². The first-order chi connectivity index (χ1) is 4.75. The largest absolute Gasteiger partial charge is 0.451 e. The van der Waals surface area contributed by atoms with Crippen LogP contribution in [0.25, 0.3) is 0 Å². The van der Waals surface area contributed by atoms with E-state index in [0.29, 0.717) is 4.60 Å². The van der Waals surface area contributed by atoms with Gasteiger partial charge < -0.3 is 4.74 Å². The molecule has 0 spiro atoms. The van der Waals surface area contributed by atoms with E-state index >= 15 is 0 Å². The van der Waals surface area contributed by atoms with E-state index in [4.69, 9.17) is 0 Å². The molecule has 1 aromatic rings. The number of carbonyl (C=O) groups is 1. The van der Waals surface area contributed by atoms with Crippen LogP contribution in [0.3, 0.4) is 0 Å². The fourth-order valence-corrected chi connectivity index (χ4v) is 0.863. The molecule has 5 heteroatoms. The summed E-state index contributed by atoms with van der Waals surface area (Å²) < 4.78 is 6.10. The maximum atomic E-state index is 10.7. The van der Waals surface area contributed by atoms with Crippen LogP contribution < -0.4 is 0 Å². The van der Waals surface area contributed by atoms with Crippen molar-refractivity contribution >= 4 is 22.0 Å². The molecule has 0 unspecified atom stereocenters. The van der Waals surface area contributed by atoms with Crippen molar-refractivity contribution in [2.75, 3.05) is 7.11 Å². The van der Waals surface area contributed by atoms with E-state index in [1.54, 1.807) is 6.07 Å². The Hall–Kier alpha value is -0.840. The van der Waals surface area contributed by atoms with Gasteiger partial charge >= 0.3 is 6.09 Å². The highest BCUT2D eigenvalue weighted by atomic mass is 79.9. The quantitative estimate of drug-likeness (QED) is 0.640. The standard InChI is InChI=1S/C5H5BrN2O2/c1-10-5(9)8-4(6)2-3-7-8/h2-3H,1H3. The molecule has 0 aromatic carbocycles. The summed E-state index contributed by atoms with van der Waals surface area (Å²) in [7, 11) is 1.30. The van der Waals surface area contributed by atoms with E-state index in [0.717, 1.165) is 4.68 Å². The first kappa shape index (κ1) is 7.27. The van der Waals surface area contributed by atoms with Gasteiger partial charge in [0, 0.05) is 0 Å². The van der Waals surface area contributed by atoms with Crippen LogP contribution in [0.5, 0.6) is 0 Å². The monoisotopic (exact) mass is 204 g/mol. The van der Waals surface area contributed by atoms with Gasteiger partial charge in [0.15, 0.2) is 0 Å². The minimum absolute atomic E-state index is 0.503. The van der Waals surface area contributed by atoms with Gasteiger partial charge in [0.05, 0.1) is 13.3 Å². The Labute approximate surface area is 65.9 Å². The Morgan fingerprint density at radius 2 is 2.60 bits per heavy atom. The topological polar surface area (TPSA) is 44.1 Å². The highest BCUT2D eigenvalue weighted by molar-refractivity contribution is 9.10. The Morgan fingerprint density at radius 3 is 3.00 bits per heavy atom. The van der Waals surface area contributed by atoms with Crippen LogP contribution in [0.4, 0.5) is 4.79 Å². The van der Waals surface area contributed by atoms with Gasteiger partial charge in [0.1, 0.15) is 4.60 Å². The third-order valence-electron chi connectivity index (χ3n) is 0.944. The molecule has 1 aromatic heterocycles. The fraction of sp³-hybridized carbons (Fsp3) is 0.200.